The van der Waals surface area contributed by atoms with Gasteiger partial charge in [0, 0.05) is 31.7 Å². The van der Waals surface area contributed by atoms with Crippen LogP contribution >= 0.6 is 15.9 Å². The molecule has 2 heterocycles. The van der Waals surface area contributed by atoms with Gasteiger partial charge in [-0.05, 0) is 29.3 Å². The van der Waals surface area contributed by atoms with Crippen molar-refractivity contribution in [2.24, 2.45) is 0 Å². The van der Waals surface area contributed by atoms with E-state index in [1.807, 2.05) is 16.8 Å². The summed E-state index contributed by atoms with van der Waals surface area (Å²) in [6.07, 6.45) is 8.04. The van der Waals surface area contributed by atoms with Gasteiger partial charge in [0.2, 0.25) is 0 Å². The number of aromatic nitrogens is 3. The Hall–Kier alpha value is -1.10. The second-order valence-electron chi connectivity index (χ2n) is 3.98. The molecule has 0 amide bonds. The molecule has 2 aromatic heterocycles. The van der Waals surface area contributed by atoms with Crippen LogP contribution < -0.4 is 4.90 Å². The number of hydrogen-bond acceptors (Lipinski definition) is 3. The SMILES string of the molecule is CCCCN(CC)c1nc(Br)cn2ccnc12. The van der Waals surface area contributed by atoms with E-state index in [0.29, 0.717) is 0 Å². The van der Waals surface area contributed by atoms with E-state index in [9.17, 15) is 0 Å². The van der Waals surface area contributed by atoms with Crippen LogP contribution in [0.4, 0.5) is 5.82 Å². The first-order valence-corrected chi connectivity index (χ1v) is 6.79. The summed E-state index contributed by atoms with van der Waals surface area (Å²) in [5.41, 5.74) is 0.922. The van der Waals surface area contributed by atoms with Crippen molar-refractivity contribution in [1.29, 1.82) is 0 Å². The summed E-state index contributed by atoms with van der Waals surface area (Å²) in [7, 11) is 0. The van der Waals surface area contributed by atoms with Crippen molar-refractivity contribution in [1.82, 2.24) is 14.4 Å². The monoisotopic (exact) mass is 296 g/mol. The van der Waals surface area contributed by atoms with E-state index in [1.54, 1.807) is 6.20 Å². The fourth-order valence-electron chi connectivity index (χ4n) is 1.86. The van der Waals surface area contributed by atoms with Gasteiger partial charge in [0.15, 0.2) is 11.5 Å². The molecule has 0 spiro atoms. The maximum atomic E-state index is 4.56. The van der Waals surface area contributed by atoms with Crippen LogP contribution in [0.5, 0.6) is 0 Å². The number of fused-ring (bicyclic) bond motifs is 1. The van der Waals surface area contributed by atoms with Crippen molar-refractivity contribution in [3.8, 4) is 0 Å². The number of imidazole rings is 1. The molecule has 2 aromatic rings. The van der Waals surface area contributed by atoms with Crippen molar-refractivity contribution >= 4 is 27.4 Å². The highest BCUT2D eigenvalue weighted by atomic mass is 79.9. The third-order valence-corrected chi connectivity index (χ3v) is 3.17. The Morgan fingerprint density at radius 1 is 1.41 bits per heavy atom. The maximum absolute atomic E-state index is 4.56. The number of anilines is 1. The molecule has 0 aliphatic rings. The first-order chi connectivity index (χ1) is 8.26. The summed E-state index contributed by atoms with van der Waals surface area (Å²) in [5.74, 6) is 0.959. The maximum Gasteiger partial charge on any atom is 0.180 e. The topological polar surface area (TPSA) is 33.4 Å². The van der Waals surface area contributed by atoms with Crippen LogP contribution in [-0.2, 0) is 0 Å². The Balaban J connectivity index is 2.40. The van der Waals surface area contributed by atoms with Crippen molar-refractivity contribution in [2.45, 2.75) is 26.7 Å². The number of rotatable bonds is 5. The van der Waals surface area contributed by atoms with E-state index >= 15 is 0 Å². The molecule has 5 heteroatoms. The largest absolute Gasteiger partial charge is 0.354 e. The minimum atomic E-state index is 0.841. The molecular formula is C12H17BrN4. The molecule has 0 radical (unpaired) electrons. The smallest absolute Gasteiger partial charge is 0.180 e. The molecule has 0 bridgehead atoms. The van der Waals surface area contributed by atoms with Crippen LogP contribution in [0.25, 0.3) is 5.65 Å². The molecule has 0 N–H and O–H groups in total. The van der Waals surface area contributed by atoms with Crippen molar-refractivity contribution in [3.63, 3.8) is 0 Å². The van der Waals surface area contributed by atoms with Crippen LogP contribution in [0.3, 0.4) is 0 Å². The van der Waals surface area contributed by atoms with Gasteiger partial charge in [0.25, 0.3) is 0 Å². The number of halogens is 1. The minimum absolute atomic E-state index is 0.841. The zero-order chi connectivity index (χ0) is 12.3. The van der Waals surface area contributed by atoms with Gasteiger partial charge in [-0.2, -0.15) is 0 Å². The van der Waals surface area contributed by atoms with E-state index in [0.717, 1.165) is 29.2 Å². The molecular weight excluding hydrogens is 280 g/mol. The fraction of sp³-hybridized carbons (Fsp3) is 0.500. The Morgan fingerprint density at radius 2 is 2.24 bits per heavy atom. The van der Waals surface area contributed by atoms with E-state index in [1.165, 1.54) is 12.8 Å². The molecule has 0 aliphatic heterocycles. The molecule has 0 atom stereocenters. The first kappa shape index (κ1) is 12.4. The molecule has 0 unspecified atom stereocenters. The van der Waals surface area contributed by atoms with Gasteiger partial charge in [-0.1, -0.05) is 13.3 Å². The molecule has 17 heavy (non-hydrogen) atoms. The molecule has 0 saturated heterocycles. The predicted molar refractivity (Wildman–Crippen MR) is 73.5 cm³/mol. The van der Waals surface area contributed by atoms with Gasteiger partial charge in [-0.15, -0.1) is 0 Å². The minimum Gasteiger partial charge on any atom is -0.354 e. The lowest BCUT2D eigenvalue weighted by molar-refractivity contribution is 0.723. The quantitative estimate of drug-likeness (QED) is 0.850. The Morgan fingerprint density at radius 3 is 2.94 bits per heavy atom. The number of hydrogen-bond donors (Lipinski definition) is 0. The van der Waals surface area contributed by atoms with E-state index in [4.69, 9.17) is 0 Å². The van der Waals surface area contributed by atoms with Gasteiger partial charge < -0.3 is 9.30 Å². The Kier molecular flexibility index (Phi) is 3.99. The average molecular weight is 297 g/mol. The lowest BCUT2D eigenvalue weighted by atomic mass is 10.3. The average Bonchev–Trinajstić information content (AvgIpc) is 2.77. The number of unbranched alkanes of at least 4 members (excludes halogenated alkanes) is 1. The summed E-state index contributed by atoms with van der Waals surface area (Å²) in [5, 5.41) is 0. The van der Waals surface area contributed by atoms with Crippen LogP contribution in [0, 0.1) is 0 Å². The van der Waals surface area contributed by atoms with Crippen LogP contribution in [0.2, 0.25) is 0 Å². The third kappa shape index (κ3) is 2.60. The Labute approximate surface area is 110 Å². The molecule has 0 saturated carbocycles. The van der Waals surface area contributed by atoms with Gasteiger partial charge in [-0.3, -0.25) is 0 Å². The predicted octanol–water partition coefficient (Wildman–Crippen LogP) is 3.12. The van der Waals surface area contributed by atoms with E-state index < -0.39 is 0 Å². The zero-order valence-electron chi connectivity index (χ0n) is 10.2. The van der Waals surface area contributed by atoms with Crippen LogP contribution in [-0.4, -0.2) is 27.5 Å². The molecule has 4 nitrogen and oxygen atoms in total. The van der Waals surface area contributed by atoms with Gasteiger partial charge in [0.05, 0.1) is 0 Å². The van der Waals surface area contributed by atoms with Crippen LogP contribution in [0.15, 0.2) is 23.2 Å². The molecule has 0 fully saturated rings. The molecule has 2 rings (SSSR count). The zero-order valence-corrected chi connectivity index (χ0v) is 11.8. The summed E-state index contributed by atoms with van der Waals surface area (Å²) in [6.45, 7) is 6.33. The van der Waals surface area contributed by atoms with E-state index in [2.05, 4.69) is 44.6 Å². The van der Waals surface area contributed by atoms with Crippen molar-refractivity contribution in [3.05, 3.63) is 23.2 Å². The highest BCUT2D eigenvalue weighted by Crippen LogP contribution is 2.21. The molecule has 0 aromatic carbocycles. The van der Waals surface area contributed by atoms with Crippen LogP contribution in [0.1, 0.15) is 26.7 Å². The third-order valence-electron chi connectivity index (χ3n) is 2.79. The van der Waals surface area contributed by atoms with Gasteiger partial charge in [0.1, 0.15) is 4.60 Å². The fourth-order valence-corrected chi connectivity index (χ4v) is 2.25. The normalized spacial score (nSPS) is 11.0. The number of nitrogens with zero attached hydrogens (tertiary/aromatic N) is 4. The summed E-state index contributed by atoms with van der Waals surface area (Å²) < 4.78 is 2.84. The standard InChI is InChI=1S/C12H17BrN4/c1-3-5-7-16(4-2)12-11-14-6-8-17(11)9-10(13)15-12/h6,8-9H,3-5,7H2,1-2H3. The van der Waals surface area contributed by atoms with Crippen molar-refractivity contribution in [2.75, 3.05) is 18.0 Å². The molecule has 0 aliphatic carbocycles. The second-order valence-corrected chi connectivity index (χ2v) is 4.79. The second kappa shape index (κ2) is 5.49. The Bertz CT molecular complexity index is 494. The highest BCUT2D eigenvalue weighted by Gasteiger charge is 2.12. The lowest BCUT2D eigenvalue weighted by Gasteiger charge is -2.22. The van der Waals surface area contributed by atoms with Crippen molar-refractivity contribution < 1.29 is 0 Å². The first-order valence-electron chi connectivity index (χ1n) is 6.00. The van der Waals surface area contributed by atoms with Gasteiger partial charge in [-0.25, -0.2) is 9.97 Å². The summed E-state index contributed by atoms with van der Waals surface area (Å²) in [4.78, 5) is 11.2. The summed E-state index contributed by atoms with van der Waals surface area (Å²) in [6, 6.07) is 0. The summed E-state index contributed by atoms with van der Waals surface area (Å²) >= 11 is 3.45. The van der Waals surface area contributed by atoms with Gasteiger partial charge >= 0.3 is 0 Å². The molecule has 92 valence electrons. The lowest BCUT2D eigenvalue weighted by Crippen LogP contribution is -2.25. The van der Waals surface area contributed by atoms with E-state index in [-0.39, 0.29) is 0 Å². The highest BCUT2D eigenvalue weighted by molar-refractivity contribution is 9.10.